The molecule has 0 unspecified atom stereocenters. The molecule has 0 radical (unpaired) electrons. The largest absolute Gasteiger partial charge is 0.478 e. The van der Waals surface area contributed by atoms with Gasteiger partial charge in [-0.1, -0.05) is 60.7 Å². The van der Waals surface area contributed by atoms with Crippen LogP contribution in [0.4, 0.5) is 0 Å². The van der Waals surface area contributed by atoms with E-state index >= 15 is 0 Å². The summed E-state index contributed by atoms with van der Waals surface area (Å²) < 4.78 is 0. The van der Waals surface area contributed by atoms with E-state index < -0.39 is 5.97 Å². The molecule has 0 saturated carbocycles. The first kappa shape index (κ1) is 15.6. The quantitative estimate of drug-likeness (QED) is 0.369. The summed E-state index contributed by atoms with van der Waals surface area (Å²) in [7, 11) is 0. The summed E-state index contributed by atoms with van der Waals surface area (Å²) in [5.41, 5.74) is 2.47. The van der Waals surface area contributed by atoms with Crippen LogP contribution >= 0.6 is 0 Å². The van der Waals surface area contributed by atoms with Crippen LogP contribution in [0, 0.1) is 0 Å². The van der Waals surface area contributed by atoms with Crippen molar-refractivity contribution in [3.63, 3.8) is 0 Å². The van der Waals surface area contributed by atoms with Crippen LogP contribution in [-0.2, 0) is 0 Å². The molecule has 128 valence electrons. The molecular formula is C25H16O2. The molecule has 0 aliphatic heterocycles. The van der Waals surface area contributed by atoms with Crippen molar-refractivity contribution in [2.45, 2.75) is 0 Å². The molecular weight excluding hydrogens is 332 g/mol. The van der Waals surface area contributed by atoms with Crippen LogP contribution < -0.4 is 0 Å². The summed E-state index contributed by atoms with van der Waals surface area (Å²) in [5, 5.41) is 16.3. The summed E-state index contributed by atoms with van der Waals surface area (Å²) >= 11 is 0. The molecule has 0 fully saturated rings. The van der Waals surface area contributed by atoms with Crippen LogP contribution in [0.15, 0.2) is 91.0 Å². The van der Waals surface area contributed by atoms with Crippen LogP contribution in [0.3, 0.4) is 0 Å². The fourth-order valence-electron chi connectivity index (χ4n) is 3.85. The first-order chi connectivity index (χ1) is 13.2. The van der Waals surface area contributed by atoms with Gasteiger partial charge >= 0.3 is 5.97 Å². The van der Waals surface area contributed by atoms with Gasteiger partial charge in [0.2, 0.25) is 0 Å². The molecule has 1 N–H and O–H groups in total. The number of aromatic carboxylic acids is 1. The number of carbonyl (C=O) groups is 1. The fourth-order valence-corrected chi connectivity index (χ4v) is 3.85. The Balaban J connectivity index is 1.91. The van der Waals surface area contributed by atoms with Gasteiger partial charge in [-0.15, -0.1) is 0 Å². The average Bonchev–Trinajstić information content (AvgIpc) is 2.70. The summed E-state index contributed by atoms with van der Waals surface area (Å²) in [6, 6.07) is 30.6. The Bertz CT molecular complexity index is 1330. The van der Waals surface area contributed by atoms with Crippen molar-refractivity contribution in [3.05, 3.63) is 96.6 Å². The van der Waals surface area contributed by atoms with Gasteiger partial charge in [0.15, 0.2) is 0 Å². The summed E-state index contributed by atoms with van der Waals surface area (Å²) in [5.74, 6) is -0.907. The Morgan fingerprint density at radius 1 is 0.593 bits per heavy atom. The van der Waals surface area contributed by atoms with E-state index in [0.717, 1.165) is 11.1 Å². The van der Waals surface area contributed by atoms with E-state index in [0.29, 0.717) is 5.56 Å². The normalized spacial score (nSPS) is 11.3. The second kappa shape index (κ2) is 5.96. The molecule has 0 saturated heterocycles. The minimum absolute atomic E-state index is 0.300. The van der Waals surface area contributed by atoms with E-state index in [4.69, 9.17) is 0 Å². The van der Waals surface area contributed by atoms with Crippen molar-refractivity contribution in [3.8, 4) is 11.1 Å². The maximum absolute atomic E-state index is 11.2. The van der Waals surface area contributed by atoms with Crippen molar-refractivity contribution in [1.82, 2.24) is 0 Å². The molecule has 5 aromatic carbocycles. The lowest BCUT2D eigenvalue weighted by molar-refractivity contribution is 0.0697. The standard InChI is InChI=1S/C25H16O2/c26-25(27)17-11-9-16(10-12-17)24-22-8-4-3-7-20(22)14-21-13-18-5-1-2-6-19(18)15-23(21)24/h1-15H,(H,26,27). The number of carboxylic acids is 1. The molecule has 2 nitrogen and oxygen atoms in total. The third-order valence-corrected chi connectivity index (χ3v) is 5.15. The van der Waals surface area contributed by atoms with E-state index in [1.807, 2.05) is 24.3 Å². The Morgan fingerprint density at radius 3 is 1.89 bits per heavy atom. The zero-order chi connectivity index (χ0) is 18.4. The Morgan fingerprint density at radius 2 is 1.19 bits per heavy atom. The predicted molar refractivity (Wildman–Crippen MR) is 111 cm³/mol. The lowest BCUT2D eigenvalue weighted by Gasteiger charge is -2.13. The Labute approximate surface area is 156 Å². The molecule has 0 aromatic heterocycles. The average molecular weight is 348 g/mol. The third-order valence-electron chi connectivity index (χ3n) is 5.15. The highest BCUT2D eigenvalue weighted by Gasteiger charge is 2.12. The molecule has 0 bridgehead atoms. The summed E-state index contributed by atoms with van der Waals surface area (Å²) in [4.78, 5) is 11.2. The first-order valence-electron chi connectivity index (χ1n) is 8.89. The van der Waals surface area contributed by atoms with E-state index in [-0.39, 0.29) is 0 Å². The molecule has 0 spiro atoms. The molecule has 27 heavy (non-hydrogen) atoms. The second-order valence-corrected chi connectivity index (χ2v) is 6.78. The number of rotatable bonds is 2. The molecule has 5 rings (SSSR count). The maximum Gasteiger partial charge on any atom is 0.335 e. The first-order valence-corrected chi connectivity index (χ1v) is 8.89. The van der Waals surface area contributed by atoms with Crippen molar-refractivity contribution in [2.24, 2.45) is 0 Å². The van der Waals surface area contributed by atoms with Gasteiger partial charge < -0.3 is 5.11 Å². The molecule has 0 heterocycles. The lowest BCUT2D eigenvalue weighted by Crippen LogP contribution is -1.95. The van der Waals surface area contributed by atoms with Gasteiger partial charge in [0.25, 0.3) is 0 Å². The van der Waals surface area contributed by atoms with Gasteiger partial charge in [0.05, 0.1) is 5.56 Å². The molecule has 5 aromatic rings. The smallest absolute Gasteiger partial charge is 0.335 e. The van der Waals surface area contributed by atoms with Crippen LogP contribution in [0.1, 0.15) is 10.4 Å². The predicted octanol–water partition coefficient (Wildman–Crippen LogP) is 6.51. The van der Waals surface area contributed by atoms with Crippen molar-refractivity contribution in [1.29, 1.82) is 0 Å². The van der Waals surface area contributed by atoms with E-state index in [1.54, 1.807) is 12.1 Å². The number of benzene rings is 5. The van der Waals surface area contributed by atoms with Gasteiger partial charge in [-0.05, 0) is 73.8 Å². The zero-order valence-corrected chi connectivity index (χ0v) is 14.5. The minimum Gasteiger partial charge on any atom is -0.478 e. The van der Waals surface area contributed by atoms with Crippen LogP contribution in [-0.4, -0.2) is 11.1 Å². The molecule has 2 heteroatoms. The van der Waals surface area contributed by atoms with Crippen LogP contribution in [0.2, 0.25) is 0 Å². The monoisotopic (exact) mass is 348 g/mol. The van der Waals surface area contributed by atoms with Gasteiger partial charge in [-0.25, -0.2) is 4.79 Å². The minimum atomic E-state index is -0.907. The van der Waals surface area contributed by atoms with E-state index in [1.165, 1.54) is 32.3 Å². The number of carboxylic acid groups (broad SMARTS) is 1. The van der Waals surface area contributed by atoms with E-state index in [2.05, 4.69) is 54.6 Å². The summed E-state index contributed by atoms with van der Waals surface area (Å²) in [6.45, 7) is 0. The maximum atomic E-state index is 11.2. The van der Waals surface area contributed by atoms with Crippen LogP contribution in [0.5, 0.6) is 0 Å². The van der Waals surface area contributed by atoms with Gasteiger partial charge in [0, 0.05) is 0 Å². The van der Waals surface area contributed by atoms with Gasteiger partial charge in [0.1, 0.15) is 0 Å². The Kier molecular flexibility index (Phi) is 3.44. The van der Waals surface area contributed by atoms with Crippen molar-refractivity contribution < 1.29 is 9.90 Å². The molecule has 0 atom stereocenters. The SMILES string of the molecule is O=C(O)c1ccc(-c2c3ccccc3cc3cc4ccccc4cc23)cc1. The van der Waals surface area contributed by atoms with Crippen molar-refractivity contribution in [2.75, 3.05) is 0 Å². The van der Waals surface area contributed by atoms with Crippen LogP contribution in [0.25, 0.3) is 43.4 Å². The highest BCUT2D eigenvalue weighted by atomic mass is 16.4. The molecule has 0 aliphatic carbocycles. The number of fused-ring (bicyclic) bond motifs is 3. The van der Waals surface area contributed by atoms with Gasteiger partial charge in [-0.2, -0.15) is 0 Å². The highest BCUT2D eigenvalue weighted by molar-refractivity contribution is 6.15. The van der Waals surface area contributed by atoms with E-state index in [9.17, 15) is 9.90 Å². The lowest BCUT2D eigenvalue weighted by atomic mass is 9.90. The fraction of sp³-hybridized carbons (Fsp3) is 0. The zero-order valence-electron chi connectivity index (χ0n) is 14.5. The topological polar surface area (TPSA) is 37.3 Å². The third kappa shape index (κ3) is 2.54. The molecule has 0 aliphatic rings. The number of hydrogen-bond acceptors (Lipinski definition) is 1. The summed E-state index contributed by atoms with van der Waals surface area (Å²) in [6.07, 6.45) is 0. The highest BCUT2D eigenvalue weighted by Crippen LogP contribution is 2.38. The van der Waals surface area contributed by atoms with Crippen molar-refractivity contribution >= 4 is 38.3 Å². The Hall–Kier alpha value is -3.65. The number of hydrogen-bond donors (Lipinski definition) is 1. The second-order valence-electron chi connectivity index (χ2n) is 6.78. The van der Waals surface area contributed by atoms with Gasteiger partial charge in [-0.3, -0.25) is 0 Å². The molecule has 0 amide bonds.